The second-order valence-corrected chi connectivity index (χ2v) is 5.90. The summed E-state index contributed by atoms with van der Waals surface area (Å²) in [6.07, 6.45) is 3.69. The predicted molar refractivity (Wildman–Crippen MR) is 96.7 cm³/mol. The minimum absolute atomic E-state index is 0.551. The van der Waals surface area contributed by atoms with Crippen LogP contribution in [0.3, 0.4) is 0 Å². The van der Waals surface area contributed by atoms with Crippen LogP contribution in [0.1, 0.15) is 11.1 Å². The molecule has 26 heavy (non-hydrogen) atoms. The van der Waals surface area contributed by atoms with Crippen LogP contribution < -0.4 is 4.74 Å². The van der Waals surface area contributed by atoms with Crippen LogP contribution in [0.25, 0.3) is 11.4 Å². The van der Waals surface area contributed by atoms with Crippen molar-refractivity contribution in [3.05, 3.63) is 78.1 Å². The average Bonchev–Trinajstić information content (AvgIpc) is 3.33. The number of nitrogens with zero attached hydrogens (tertiary/aromatic N) is 6. The first-order chi connectivity index (χ1) is 12.8. The highest BCUT2D eigenvalue weighted by Crippen LogP contribution is 2.15. The molecule has 130 valence electrons. The molecule has 0 saturated carbocycles. The van der Waals surface area contributed by atoms with Gasteiger partial charge in [-0.1, -0.05) is 42.5 Å². The van der Waals surface area contributed by atoms with Crippen LogP contribution in [0.2, 0.25) is 0 Å². The SMILES string of the molecule is COc1ccc(Cn2nnc(-c3cnn(Cc4ccccc4)c3)n2)cc1. The molecule has 7 heteroatoms. The highest BCUT2D eigenvalue weighted by Gasteiger charge is 2.09. The van der Waals surface area contributed by atoms with Crippen LogP contribution in [0.5, 0.6) is 5.75 Å². The summed E-state index contributed by atoms with van der Waals surface area (Å²) in [5.74, 6) is 1.39. The van der Waals surface area contributed by atoms with Gasteiger partial charge in [0.2, 0.25) is 5.82 Å². The third kappa shape index (κ3) is 3.61. The minimum Gasteiger partial charge on any atom is -0.497 e. The summed E-state index contributed by atoms with van der Waals surface area (Å²) in [4.78, 5) is 1.58. The summed E-state index contributed by atoms with van der Waals surface area (Å²) in [5.41, 5.74) is 3.12. The summed E-state index contributed by atoms with van der Waals surface area (Å²) >= 11 is 0. The number of ether oxygens (including phenoxy) is 1. The molecule has 0 aliphatic carbocycles. The molecule has 2 aromatic heterocycles. The van der Waals surface area contributed by atoms with E-state index in [0.29, 0.717) is 18.9 Å². The van der Waals surface area contributed by atoms with Gasteiger partial charge in [-0.3, -0.25) is 4.68 Å². The highest BCUT2D eigenvalue weighted by atomic mass is 16.5. The maximum absolute atomic E-state index is 5.17. The maximum atomic E-state index is 5.17. The van der Waals surface area contributed by atoms with Crippen molar-refractivity contribution < 1.29 is 4.74 Å². The van der Waals surface area contributed by atoms with E-state index in [0.717, 1.165) is 16.9 Å². The van der Waals surface area contributed by atoms with E-state index in [9.17, 15) is 0 Å². The Labute approximate surface area is 150 Å². The van der Waals surface area contributed by atoms with Gasteiger partial charge in [0.15, 0.2) is 0 Å². The van der Waals surface area contributed by atoms with Gasteiger partial charge >= 0.3 is 0 Å². The summed E-state index contributed by atoms with van der Waals surface area (Å²) < 4.78 is 7.04. The fourth-order valence-corrected chi connectivity index (χ4v) is 2.66. The second kappa shape index (κ2) is 7.18. The van der Waals surface area contributed by atoms with Crippen molar-refractivity contribution in [2.24, 2.45) is 0 Å². The zero-order valence-corrected chi connectivity index (χ0v) is 14.4. The normalized spacial score (nSPS) is 10.8. The van der Waals surface area contributed by atoms with Crippen LogP contribution >= 0.6 is 0 Å². The molecule has 2 aromatic carbocycles. The molecule has 0 radical (unpaired) electrons. The topological polar surface area (TPSA) is 70.7 Å². The van der Waals surface area contributed by atoms with Crippen LogP contribution in [0, 0.1) is 0 Å². The molecular formula is C19H18N6O. The Bertz CT molecular complexity index is 975. The molecule has 0 amide bonds. The Morgan fingerprint density at radius 2 is 1.69 bits per heavy atom. The van der Waals surface area contributed by atoms with Gasteiger partial charge in [-0.05, 0) is 28.5 Å². The quantitative estimate of drug-likeness (QED) is 0.537. The van der Waals surface area contributed by atoms with Crippen LogP contribution in [-0.2, 0) is 13.1 Å². The fraction of sp³-hybridized carbons (Fsp3) is 0.158. The lowest BCUT2D eigenvalue weighted by Gasteiger charge is -2.02. The van der Waals surface area contributed by atoms with Gasteiger partial charge in [-0.25, -0.2) is 0 Å². The smallest absolute Gasteiger partial charge is 0.208 e. The number of hydrogen-bond acceptors (Lipinski definition) is 5. The summed E-state index contributed by atoms with van der Waals surface area (Å²) in [7, 11) is 1.65. The molecule has 0 aliphatic heterocycles. The first-order valence-corrected chi connectivity index (χ1v) is 8.27. The highest BCUT2D eigenvalue weighted by molar-refractivity contribution is 5.50. The first-order valence-electron chi connectivity index (χ1n) is 8.27. The van der Waals surface area contributed by atoms with Crippen molar-refractivity contribution in [1.29, 1.82) is 0 Å². The largest absolute Gasteiger partial charge is 0.497 e. The van der Waals surface area contributed by atoms with Gasteiger partial charge in [0.25, 0.3) is 0 Å². The van der Waals surface area contributed by atoms with Crippen LogP contribution in [0.4, 0.5) is 0 Å². The fourth-order valence-electron chi connectivity index (χ4n) is 2.66. The lowest BCUT2D eigenvalue weighted by Crippen LogP contribution is -2.03. The molecule has 4 aromatic rings. The van der Waals surface area contributed by atoms with Crippen molar-refractivity contribution >= 4 is 0 Å². The van der Waals surface area contributed by atoms with E-state index >= 15 is 0 Å². The average molecular weight is 346 g/mol. The minimum atomic E-state index is 0.551. The monoisotopic (exact) mass is 346 g/mol. The number of hydrogen-bond donors (Lipinski definition) is 0. The predicted octanol–water partition coefficient (Wildman–Crippen LogP) is 2.64. The molecule has 0 N–H and O–H groups in total. The van der Waals surface area contributed by atoms with E-state index < -0.39 is 0 Å². The van der Waals surface area contributed by atoms with E-state index in [-0.39, 0.29) is 0 Å². The number of rotatable bonds is 6. The molecule has 4 rings (SSSR count). The zero-order valence-electron chi connectivity index (χ0n) is 14.4. The molecule has 0 atom stereocenters. The van der Waals surface area contributed by atoms with E-state index in [1.807, 2.05) is 53.3 Å². The van der Waals surface area contributed by atoms with Gasteiger partial charge in [0.05, 0.1) is 32.0 Å². The van der Waals surface area contributed by atoms with E-state index in [1.54, 1.807) is 18.1 Å². The molecule has 0 bridgehead atoms. The lowest BCUT2D eigenvalue weighted by atomic mass is 10.2. The summed E-state index contributed by atoms with van der Waals surface area (Å²) in [6, 6.07) is 18.0. The summed E-state index contributed by atoms with van der Waals surface area (Å²) in [5, 5.41) is 17.1. The van der Waals surface area contributed by atoms with E-state index in [4.69, 9.17) is 4.74 Å². The molecule has 2 heterocycles. The Morgan fingerprint density at radius 3 is 2.46 bits per heavy atom. The lowest BCUT2D eigenvalue weighted by molar-refractivity contribution is 0.414. The van der Waals surface area contributed by atoms with E-state index in [1.165, 1.54) is 5.56 Å². The Kier molecular flexibility index (Phi) is 4.42. The Balaban J connectivity index is 1.45. The number of aromatic nitrogens is 6. The van der Waals surface area contributed by atoms with E-state index in [2.05, 4.69) is 32.6 Å². The van der Waals surface area contributed by atoms with Gasteiger partial charge < -0.3 is 4.74 Å². The Hall–Kier alpha value is -3.48. The number of methoxy groups -OCH3 is 1. The maximum Gasteiger partial charge on any atom is 0.208 e. The van der Waals surface area contributed by atoms with Gasteiger partial charge in [-0.2, -0.15) is 9.90 Å². The van der Waals surface area contributed by atoms with Crippen molar-refractivity contribution in [2.45, 2.75) is 13.1 Å². The molecule has 0 saturated heterocycles. The number of tetrazole rings is 1. The molecule has 7 nitrogen and oxygen atoms in total. The van der Waals surface area contributed by atoms with Crippen LogP contribution in [0.15, 0.2) is 67.0 Å². The molecular weight excluding hydrogens is 328 g/mol. The van der Waals surface area contributed by atoms with Gasteiger partial charge in [-0.15, -0.1) is 10.2 Å². The number of benzene rings is 2. The van der Waals surface area contributed by atoms with Crippen molar-refractivity contribution in [3.8, 4) is 17.1 Å². The molecule has 0 fully saturated rings. The zero-order chi connectivity index (χ0) is 17.8. The van der Waals surface area contributed by atoms with Crippen molar-refractivity contribution in [2.75, 3.05) is 7.11 Å². The van der Waals surface area contributed by atoms with Crippen LogP contribution in [-0.4, -0.2) is 37.1 Å². The summed E-state index contributed by atoms with van der Waals surface area (Å²) in [6.45, 7) is 1.26. The second-order valence-electron chi connectivity index (χ2n) is 5.90. The van der Waals surface area contributed by atoms with Crippen molar-refractivity contribution in [1.82, 2.24) is 30.0 Å². The third-order valence-electron chi connectivity index (χ3n) is 4.01. The molecule has 0 unspecified atom stereocenters. The van der Waals surface area contributed by atoms with Gasteiger partial charge in [0.1, 0.15) is 5.75 Å². The molecule has 0 aliphatic rings. The third-order valence-corrected chi connectivity index (χ3v) is 4.01. The van der Waals surface area contributed by atoms with Gasteiger partial charge in [0, 0.05) is 6.20 Å². The first kappa shape index (κ1) is 16.0. The van der Waals surface area contributed by atoms with Crippen molar-refractivity contribution in [3.63, 3.8) is 0 Å². The Morgan fingerprint density at radius 1 is 0.923 bits per heavy atom. The molecule has 0 spiro atoms. The standard InChI is InChI=1S/C19H18N6O/c1-26-18-9-7-16(8-10-18)13-25-22-19(21-23-25)17-11-20-24(14-17)12-15-5-3-2-4-6-15/h2-11,14H,12-13H2,1H3.